The van der Waals surface area contributed by atoms with E-state index in [0.29, 0.717) is 24.6 Å². The second kappa shape index (κ2) is 6.82. The summed E-state index contributed by atoms with van der Waals surface area (Å²) in [7, 11) is 1.90. The van der Waals surface area contributed by atoms with Gasteiger partial charge in [0.05, 0.1) is 11.3 Å². The fraction of sp³-hybridized carbons (Fsp3) is 0.300. The molecule has 136 valence electrons. The highest BCUT2D eigenvalue weighted by atomic mass is 16.1. The SMILES string of the molecule is Cc1c(CN2CCc3nc(-c4cccnc4)[nH]c(=O)c3C2)cc(C#N)n1C. The Balaban J connectivity index is 1.59. The summed E-state index contributed by atoms with van der Waals surface area (Å²) in [6, 6.07) is 7.86. The predicted molar refractivity (Wildman–Crippen MR) is 101 cm³/mol. The average Bonchev–Trinajstić information content (AvgIpc) is 2.97. The molecular weight excluding hydrogens is 340 g/mol. The van der Waals surface area contributed by atoms with Crippen molar-refractivity contribution in [3.63, 3.8) is 0 Å². The van der Waals surface area contributed by atoms with Crippen molar-refractivity contribution >= 4 is 0 Å². The smallest absolute Gasteiger partial charge is 0.255 e. The zero-order valence-corrected chi connectivity index (χ0v) is 15.4. The lowest BCUT2D eigenvalue weighted by atomic mass is 10.1. The largest absolute Gasteiger partial charge is 0.340 e. The van der Waals surface area contributed by atoms with Gasteiger partial charge in [-0.05, 0) is 30.7 Å². The summed E-state index contributed by atoms with van der Waals surface area (Å²) in [5.74, 6) is 0.567. The minimum Gasteiger partial charge on any atom is -0.340 e. The molecule has 0 aliphatic carbocycles. The molecule has 1 aliphatic rings. The quantitative estimate of drug-likeness (QED) is 0.770. The molecule has 0 unspecified atom stereocenters. The van der Waals surface area contributed by atoms with Crippen LogP contribution in [0.4, 0.5) is 0 Å². The highest BCUT2D eigenvalue weighted by Crippen LogP contribution is 2.21. The topological polar surface area (TPSA) is 90.6 Å². The lowest BCUT2D eigenvalue weighted by Crippen LogP contribution is -2.35. The Morgan fingerprint density at radius 2 is 2.26 bits per heavy atom. The Morgan fingerprint density at radius 3 is 2.96 bits per heavy atom. The van der Waals surface area contributed by atoms with Crippen LogP contribution in [0.3, 0.4) is 0 Å². The van der Waals surface area contributed by atoms with Crippen LogP contribution in [0, 0.1) is 18.3 Å². The van der Waals surface area contributed by atoms with E-state index >= 15 is 0 Å². The Kier molecular flexibility index (Phi) is 4.34. The zero-order valence-electron chi connectivity index (χ0n) is 15.4. The molecule has 7 heteroatoms. The Labute approximate surface area is 156 Å². The molecule has 4 heterocycles. The summed E-state index contributed by atoms with van der Waals surface area (Å²) >= 11 is 0. The van der Waals surface area contributed by atoms with Crippen molar-refractivity contribution in [2.45, 2.75) is 26.4 Å². The van der Waals surface area contributed by atoms with Crippen molar-refractivity contribution in [2.24, 2.45) is 7.05 Å². The Morgan fingerprint density at radius 1 is 1.41 bits per heavy atom. The monoisotopic (exact) mass is 360 g/mol. The van der Waals surface area contributed by atoms with Gasteiger partial charge in [-0.25, -0.2) is 4.98 Å². The highest BCUT2D eigenvalue weighted by molar-refractivity contribution is 5.53. The normalized spacial score (nSPS) is 14.0. The molecule has 0 radical (unpaired) electrons. The molecular formula is C20H20N6O. The Bertz CT molecular complexity index is 1090. The maximum absolute atomic E-state index is 12.6. The van der Waals surface area contributed by atoms with E-state index in [0.717, 1.165) is 41.0 Å². The third-order valence-corrected chi connectivity index (χ3v) is 5.23. The van der Waals surface area contributed by atoms with Crippen LogP contribution >= 0.6 is 0 Å². The number of aromatic amines is 1. The van der Waals surface area contributed by atoms with E-state index in [4.69, 9.17) is 0 Å². The van der Waals surface area contributed by atoms with Gasteiger partial charge in [0.2, 0.25) is 0 Å². The van der Waals surface area contributed by atoms with Crippen LogP contribution in [0.15, 0.2) is 35.4 Å². The summed E-state index contributed by atoms with van der Waals surface area (Å²) in [5, 5.41) is 9.21. The van der Waals surface area contributed by atoms with E-state index in [9.17, 15) is 10.1 Å². The average molecular weight is 360 g/mol. The predicted octanol–water partition coefficient (Wildman–Crippen LogP) is 1.91. The summed E-state index contributed by atoms with van der Waals surface area (Å²) in [6.45, 7) is 4.11. The minimum atomic E-state index is -0.0916. The number of rotatable bonds is 3. The lowest BCUT2D eigenvalue weighted by Gasteiger charge is -2.27. The van der Waals surface area contributed by atoms with Gasteiger partial charge >= 0.3 is 0 Å². The van der Waals surface area contributed by atoms with Crippen LogP contribution in [0.1, 0.15) is 28.2 Å². The van der Waals surface area contributed by atoms with Crippen LogP contribution in [0.25, 0.3) is 11.4 Å². The van der Waals surface area contributed by atoms with E-state index in [1.54, 1.807) is 12.4 Å². The first kappa shape index (κ1) is 17.2. The second-order valence-corrected chi connectivity index (χ2v) is 6.85. The van der Waals surface area contributed by atoms with Gasteiger partial charge in [0.25, 0.3) is 5.56 Å². The van der Waals surface area contributed by atoms with Crippen molar-refractivity contribution in [1.29, 1.82) is 5.26 Å². The maximum Gasteiger partial charge on any atom is 0.255 e. The fourth-order valence-electron chi connectivity index (χ4n) is 3.53. The van der Waals surface area contributed by atoms with Gasteiger partial charge in [0, 0.05) is 56.8 Å². The molecule has 0 bridgehead atoms. The molecule has 1 aliphatic heterocycles. The molecule has 0 atom stereocenters. The molecule has 0 saturated heterocycles. The van der Waals surface area contributed by atoms with E-state index in [2.05, 4.69) is 25.9 Å². The van der Waals surface area contributed by atoms with Crippen molar-refractivity contribution < 1.29 is 0 Å². The summed E-state index contributed by atoms with van der Waals surface area (Å²) in [4.78, 5) is 26.5. The molecule has 0 fully saturated rings. The molecule has 4 rings (SSSR count). The number of nitriles is 1. The third kappa shape index (κ3) is 3.15. The summed E-state index contributed by atoms with van der Waals surface area (Å²) in [6.07, 6.45) is 4.12. The molecule has 27 heavy (non-hydrogen) atoms. The van der Waals surface area contributed by atoms with Crippen molar-refractivity contribution in [1.82, 2.24) is 24.4 Å². The third-order valence-electron chi connectivity index (χ3n) is 5.23. The zero-order chi connectivity index (χ0) is 19.0. The van der Waals surface area contributed by atoms with Gasteiger partial charge in [-0.2, -0.15) is 5.26 Å². The van der Waals surface area contributed by atoms with Gasteiger partial charge in [0.15, 0.2) is 0 Å². The fourth-order valence-corrected chi connectivity index (χ4v) is 3.53. The Hall–Kier alpha value is -3.24. The molecule has 7 nitrogen and oxygen atoms in total. The van der Waals surface area contributed by atoms with Gasteiger partial charge in [-0.3, -0.25) is 14.7 Å². The standard InChI is InChI=1S/C20H20N6O/c1-13-15(8-16(9-21)25(13)2)11-26-7-5-18-17(12-26)20(27)24-19(23-18)14-4-3-6-22-10-14/h3-4,6,8,10H,5,7,11-12H2,1-2H3,(H,23,24,27). The molecule has 1 N–H and O–H groups in total. The first-order chi connectivity index (χ1) is 13.1. The van der Waals surface area contributed by atoms with Crippen LogP contribution in [0.2, 0.25) is 0 Å². The number of H-pyrrole nitrogens is 1. The molecule has 3 aromatic heterocycles. The first-order valence-corrected chi connectivity index (χ1v) is 8.87. The second-order valence-electron chi connectivity index (χ2n) is 6.85. The van der Waals surface area contributed by atoms with Gasteiger partial charge < -0.3 is 9.55 Å². The molecule has 0 spiro atoms. The number of hydrogen-bond donors (Lipinski definition) is 1. The van der Waals surface area contributed by atoms with E-state index in [1.165, 1.54) is 0 Å². The molecule has 0 aromatic carbocycles. The number of nitrogens with zero attached hydrogens (tertiary/aromatic N) is 5. The number of fused-ring (bicyclic) bond motifs is 1. The van der Waals surface area contributed by atoms with Crippen LogP contribution in [-0.2, 0) is 26.6 Å². The number of aromatic nitrogens is 4. The molecule has 0 saturated carbocycles. The highest BCUT2D eigenvalue weighted by Gasteiger charge is 2.23. The number of pyridine rings is 1. The van der Waals surface area contributed by atoms with Crippen molar-refractivity contribution in [2.75, 3.05) is 6.54 Å². The maximum atomic E-state index is 12.6. The molecule has 0 amide bonds. The number of nitrogens with one attached hydrogen (secondary N) is 1. The van der Waals surface area contributed by atoms with E-state index < -0.39 is 0 Å². The van der Waals surface area contributed by atoms with Crippen molar-refractivity contribution in [3.8, 4) is 17.5 Å². The minimum absolute atomic E-state index is 0.0916. The van der Waals surface area contributed by atoms with Crippen LogP contribution < -0.4 is 5.56 Å². The lowest BCUT2D eigenvalue weighted by molar-refractivity contribution is 0.241. The number of hydrogen-bond acceptors (Lipinski definition) is 5. The van der Waals surface area contributed by atoms with E-state index in [-0.39, 0.29) is 5.56 Å². The van der Waals surface area contributed by atoms with Gasteiger partial charge in [0.1, 0.15) is 17.6 Å². The van der Waals surface area contributed by atoms with Crippen LogP contribution in [-0.4, -0.2) is 31.0 Å². The molecule has 3 aromatic rings. The van der Waals surface area contributed by atoms with Crippen molar-refractivity contribution in [3.05, 3.63) is 69.2 Å². The summed E-state index contributed by atoms with van der Waals surface area (Å²) in [5.41, 5.74) is 5.15. The first-order valence-electron chi connectivity index (χ1n) is 8.87. The van der Waals surface area contributed by atoms with Gasteiger partial charge in [-0.15, -0.1) is 0 Å². The van der Waals surface area contributed by atoms with Crippen LogP contribution in [0.5, 0.6) is 0 Å². The van der Waals surface area contributed by atoms with Gasteiger partial charge in [-0.1, -0.05) is 0 Å². The van der Waals surface area contributed by atoms with E-state index in [1.807, 2.05) is 36.7 Å². The summed E-state index contributed by atoms with van der Waals surface area (Å²) < 4.78 is 1.90.